The number of nitrogens with one attached hydrogen (secondary N) is 1. The smallest absolute Gasteiger partial charge is 0.161 e. The SMILES string of the molecule is COc1ccc(CN/N=C(\C)c2cc(Cl)ccc2O)cc1OC. The number of phenols is 1. The number of methoxy groups -OCH3 is 2. The molecule has 0 spiro atoms. The molecule has 0 atom stereocenters. The number of phenolic OH excluding ortho intramolecular Hbond substituents is 1. The minimum atomic E-state index is 0.142. The Hall–Kier alpha value is -2.40. The van der Waals surface area contributed by atoms with E-state index in [1.54, 1.807) is 39.3 Å². The van der Waals surface area contributed by atoms with Crippen LogP contribution in [0, 0.1) is 0 Å². The van der Waals surface area contributed by atoms with E-state index >= 15 is 0 Å². The van der Waals surface area contributed by atoms with Crippen LogP contribution in [0.1, 0.15) is 18.1 Å². The summed E-state index contributed by atoms with van der Waals surface area (Å²) < 4.78 is 10.5. The van der Waals surface area contributed by atoms with Gasteiger partial charge in [0.15, 0.2) is 11.5 Å². The third-order valence-electron chi connectivity index (χ3n) is 3.33. The van der Waals surface area contributed by atoms with Crippen LogP contribution in [-0.4, -0.2) is 25.0 Å². The van der Waals surface area contributed by atoms with E-state index in [2.05, 4.69) is 10.5 Å². The van der Waals surface area contributed by atoms with E-state index in [0.717, 1.165) is 5.56 Å². The van der Waals surface area contributed by atoms with Gasteiger partial charge in [-0.1, -0.05) is 17.7 Å². The minimum Gasteiger partial charge on any atom is -0.507 e. The lowest BCUT2D eigenvalue weighted by Gasteiger charge is -2.10. The predicted octanol–water partition coefficient (Wildman–Crippen LogP) is 3.58. The number of halogens is 1. The normalized spacial score (nSPS) is 11.2. The second kappa shape index (κ2) is 7.74. The summed E-state index contributed by atoms with van der Waals surface area (Å²) in [6.07, 6.45) is 0. The molecule has 122 valence electrons. The van der Waals surface area contributed by atoms with Gasteiger partial charge in [0.25, 0.3) is 0 Å². The fourth-order valence-electron chi connectivity index (χ4n) is 2.10. The molecule has 2 aromatic carbocycles. The van der Waals surface area contributed by atoms with E-state index in [1.165, 1.54) is 0 Å². The molecule has 0 saturated heterocycles. The van der Waals surface area contributed by atoms with Gasteiger partial charge in [-0.3, -0.25) is 0 Å². The van der Waals surface area contributed by atoms with Crippen molar-refractivity contribution in [3.05, 3.63) is 52.5 Å². The van der Waals surface area contributed by atoms with Gasteiger partial charge in [-0.25, -0.2) is 0 Å². The van der Waals surface area contributed by atoms with Crippen LogP contribution in [-0.2, 0) is 6.54 Å². The molecule has 0 radical (unpaired) electrons. The van der Waals surface area contributed by atoms with Crippen LogP contribution >= 0.6 is 11.6 Å². The van der Waals surface area contributed by atoms with E-state index < -0.39 is 0 Å². The predicted molar refractivity (Wildman–Crippen MR) is 91.7 cm³/mol. The number of aromatic hydroxyl groups is 1. The van der Waals surface area contributed by atoms with Gasteiger partial charge < -0.3 is 20.0 Å². The molecule has 5 nitrogen and oxygen atoms in total. The molecule has 0 saturated carbocycles. The number of rotatable bonds is 6. The van der Waals surface area contributed by atoms with Crippen LogP contribution in [0.15, 0.2) is 41.5 Å². The molecule has 23 heavy (non-hydrogen) atoms. The first-order valence-electron chi connectivity index (χ1n) is 7.02. The summed E-state index contributed by atoms with van der Waals surface area (Å²) in [4.78, 5) is 0. The standard InChI is InChI=1S/C17H19ClN2O3/c1-11(14-9-13(18)5-6-15(14)21)20-19-10-12-4-7-16(22-2)17(8-12)23-3/h4-9,19,21H,10H2,1-3H3/b20-11+. The number of ether oxygens (including phenoxy) is 2. The molecule has 0 aliphatic carbocycles. The van der Waals surface area contributed by atoms with E-state index in [-0.39, 0.29) is 5.75 Å². The van der Waals surface area contributed by atoms with Crippen molar-refractivity contribution in [3.63, 3.8) is 0 Å². The third-order valence-corrected chi connectivity index (χ3v) is 3.56. The lowest BCUT2D eigenvalue weighted by molar-refractivity contribution is 0.354. The van der Waals surface area contributed by atoms with Crippen molar-refractivity contribution in [2.24, 2.45) is 5.10 Å². The summed E-state index contributed by atoms with van der Waals surface area (Å²) in [6.45, 7) is 2.31. The van der Waals surface area contributed by atoms with Crippen LogP contribution in [0.4, 0.5) is 0 Å². The lowest BCUT2D eigenvalue weighted by Crippen LogP contribution is -2.09. The van der Waals surface area contributed by atoms with E-state index in [1.807, 2.05) is 18.2 Å². The fourth-order valence-corrected chi connectivity index (χ4v) is 2.27. The lowest BCUT2D eigenvalue weighted by atomic mass is 10.1. The van der Waals surface area contributed by atoms with Crippen molar-refractivity contribution in [1.82, 2.24) is 5.43 Å². The van der Waals surface area contributed by atoms with Crippen molar-refractivity contribution in [2.75, 3.05) is 14.2 Å². The van der Waals surface area contributed by atoms with E-state index in [4.69, 9.17) is 21.1 Å². The van der Waals surface area contributed by atoms with Gasteiger partial charge in [-0.15, -0.1) is 0 Å². The minimum absolute atomic E-state index is 0.142. The number of hydrogen-bond donors (Lipinski definition) is 2. The summed E-state index contributed by atoms with van der Waals surface area (Å²) in [5, 5.41) is 14.7. The third kappa shape index (κ3) is 4.29. The molecule has 2 N–H and O–H groups in total. The second-order valence-electron chi connectivity index (χ2n) is 4.88. The molecule has 6 heteroatoms. The van der Waals surface area contributed by atoms with Gasteiger partial charge in [0.1, 0.15) is 5.75 Å². The Morgan fingerprint density at radius 3 is 2.57 bits per heavy atom. The Kier molecular flexibility index (Phi) is 5.71. The number of nitrogens with zero attached hydrogens (tertiary/aromatic N) is 1. The molecule has 0 aliphatic heterocycles. The number of benzene rings is 2. The van der Waals surface area contributed by atoms with Crippen molar-refractivity contribution in [2.45, 2.75) is 13.5 Å². The molecule has 0 aromatic heterocycles. The molecule has 0 unspecified atom stereocenters. The van der Waals surface area contributed by atoms with Crippen LogP contribution in [0.2, 0.25) is 5.02 Å². The summed E-state index contributed by atoms with van der Waals surface area (Å²) in [6, 6.07) is 10.5. The van der Waals surface area contributed by atoms with Crippen LogP contribution in [0.3, 0.4) is 0 Å². The highest BCUT2D eigenvalue weighted by Crippen LogP contribution is 2.27. The number of hydrazone groups is 1. The second-order valence-corrected chi connectivity index (χ2v) is 5.32. The quantitative estimate of drug-likeness (QED) is 0.626. The zero-order valence-corrected chi connectivity index (χ0v) is 14.0. The van der Waals surface area contributed by atoms with Gasteiger partial charge in [0, 0.05) is 10.6 Å². The van der Waals surface area contributed by atoms with Gasteiger partial charge in [0.2, 0.25) is 0 Å². The summed E-state index contributed by atoms with van der Waals surface area (Å²) in [5.74, 6) is 1.49. The van der Waals surface area contributed by atoms with E-state index in [9.17, 15) is 5.11 Å². The molecule has 2 rings (SSSR count). The molecule has 0 aliphatic rings. The van der Waals surface area contributed by atoms with Crippen molar-refractivity contribution in [3.8, 4) is 17.2 Å². The highest BCUT2D eigenvalue weighted by molar-refractivity contribution is 6.31. The van der Waals surface area contributed by atoms with Crippen LogP contribution in [0.25, 0.3) is 0 Å². The topological polar surface area (TPSA) is 63.1 Å². The molecule has 0 fully saturated rings. The zero-order chi connectivity index (χ0) is 16.8. The average molecular weight is 335 g/mol. The average Bonchev–Trinajstić information content (AvgIpc) is 2.56. The van der Waals surface area contributed by atoms with Gasteiger partial charge in [-0.05, 0) is 42.8 Å². The van der Waals surface area contributed by atoms with Crippen LogP contribution in [0.5, 0.6) is 17.2 Å². The maximum absolute atomic E-state index is 9.85. The fraction of sp³-hybridized carbons (Fsp3) is 0.235. The van der Waals surface area contributed by atoms with Gasteiger partial charge >= 0.3 is 0 Å². The molecular formula is C17H19ClN2O3. The summed E-state index contributed by atoms with van der Waals surface area (Å²) >= 11 is 5.94. The van der Waals surface area contributed by atoms with Crippen LogP contribution < -0.4 is 14.9 Å². The van der Waals surface area contributed by atoms with Gasteiger partial charge in [-0.2, -0.15) is 5.10 Å². The Bertz CT molecular complexity index is 717. The number of hydrogen-bond acceptors (Lipinski definition) is 5. The van der Waals surface area contributed by atoms with Crippen molar-refractivity contribution in [1.29, 1.82) is 0 Å². The maximum atomic E-state index is 9.85. The first-order valence-corrected chi connectivity index (χ1v) is 7.40. The molecule has 0 heterocycles. The first kappa shape index (κ1) is 17.0. The molecule has 0 amide bonds. The van der Waals surface area contributed by atoms with Crippen molar-refractivity contribution < 1.29 is 14.6 Å². The monoisotopic (exact) mass is 334 g/mol. The van der Waals surface area contributed by atoms with Crippen molar-refractivity contribution >= 4 is 17.3 Å². The molecule has 0 bridgehead atoms. The first-order chi connectivity index (χ1) is 11.0. The highest BCUT2D eigenvalue weighted by atomic mass is 35.5. The largest absolute Gasteiger partial charge is 0.507 e. The maximum Gasteiger partial charge on any atom is 0.161 e. The van der Waals surface area contributed by atoms with Gasteiger partial charge in [0.05, 0.1) is 26.5 Å². The highest BCUT2D eigenvalue weighted by Gasteiger charge is 2.06. The molecule has 2 aromatic rings. The zero-order valence-electron chi connectivity index (χ0n) is 13.3. The Morgan fingerprint density at radius 2 is 1.87 bits per heavy atom. The Morgan fingerprint density at radius 1 is 1.13 bits per heavy atom. The Labute approximate surface area is 140 Å². The Balaban J connectivity index is 2.07. The summed E-state index contributed by atoms with van der Waals surface area (Å²) in [7, 11) is 3.19. The summed E-state index contributed by atoms with van der Waals surface area (Å²) in [5.41, 5.74) is 5.21. The van der Waals surface area contributed by atoms with E-state index in [0.29, 0.717) is 34.3 Å². The molecular weight excluding hydrogens is 316 g/mol.